The summed E-state index contributed by atoms with van der Waals surface area (Å²) >= 11 is 0. The number of likely N-dealkylation sites (N-methyl/N-ethyl adjacent to an activating group) is 1. The minimum absolute atomic E-state index is 0.0525. The van der Waals surface area contributed by atoms with Crippen molar-refractivity contribution < 1.29 is 32.9 Å². The number of phosphoric acid groups is 1. The Morgan fingerprint density at radius 1 is 0.493 bits per heavy atom. The molecule has 1 amide bonds. The summed E-state index contributed by atoms with van der Waals surface area (Å²) in [6.07, 6.45) is 69.3. The van der Waals surface area contributed by atoms with Gasteiger partial charge in [0, 0.05) is 6.42 Å². The lowest BCUT2D eigenvalue weighted by Crippen LogP contribution is -2.45. The molecular weight excluding hydrogens is 876 g/mol. The summed E-state index contributed by atoms with van der Waals surface area (Å²) in [6, 6.07) is -0.870. The smallest absolute Gasteiger partial charge is 0.387 e. The maximum Gasteiger partial charge on any atom is 0.472 e. The summed E-state index contributed by atoms with van der Waals surface area (Å²) in [5.41, 5.74) is 0. The number of aliphatic hydroxyl groups excluding tert-OH is 1. The fourth-order valence-corrected chi connectivity index (χ4v) is 9.06. The van der Waals surface area contributed by atoms with Gasteiger partial charge in [0.1, 0.15) is 13.2 Å². The van der Waals surface area contributed by atoms with Crippen LogP contribution in [0.15, 0.2) is 60.8 Å². The standard InChI is InChI=1S/C60H113N2O6P/c1-6-8-10-12-14-16-18-20-21-22-23-24-25-26-27-28-29-30-31-32-33-34-35-36-37-38-39-40-41-42-44-46-48-50-52-54-60(64)61-58(57-68-69(65,66)67-56-55-62(3,4)5)59(63)53-51-49-47-45-43-19-17-15-13-11-9-7-2/h13,15,25-26,28-29,43,45,51,53,58-59,63H,6-12,14,16-24,27,30-42,44,46-50,52,54-57H2,1-5H3,(H-,61,64,65,66)/p+1/b15-13+,26-25-,29-28-,45-43+,53-51+. The van der Waals surface area contributed by atoms with Crippen molar-refractivity contribution in [1.29, 1.82) is 0 Å². The Morgan fingerprint density at radius 2 is 0.855 bits per heavy atom. The highest BCUT2D eigenvalue weighted by Crippen LogP contribution is 2.43. The first-order valence-corrected chi connectivity index (χ1v) is 30.7. The molecule has 3 N–H and O–H groups in total. The Morgan fingerprint density at radius 3 is 1.29 bits per heavy atom. The molecule has 0 heterocycles. The molecule has 0 fully saturated rings. The van der Waals surface area contributed by atoms with E-state index < -0.39 is 20.0 Å². The number of aliphatic hydroxyl groups is 1. The monoisotopic (exact) mass is 990 g/mol. The molecule has 0 aromatic carbocycles. The number of allylic oxidation sites excluding steroid dienone is 9. The first-order valence-electron chi connectivity index (χ1n) is 29.2. The highest BCUT2D eigenvalue weighted by atomic mass is 31.2. The van der Waals surface area contributed by atoms with Crippen LogP contribution in [0.4, 0.5) is 0 Å². The van der Waals surface area contributed by atoms with Gasteiger partial charge < -0.3 is 19.8 Å². The first-order chi connectivity index (χ1) is 33.5. The second-order valence-corrected chi connectivity index (χ2v) is 22.4. The SMILES string of the molecule is CCCC/C=C/CC/C=C/CC/C=C/C(O)C(COP(=O)(O)OCC[N+](C)(C)C)NC(=O)CCCCCCCCCCCCCCCCCCC/C=C\C/C=C\CCCCCCCCCCCCC. The lowest BCUT2D eigenvalue weighted by Gasteiger charge is -2.25. The van der Waals surface area contributed by atoms with E-state index in [4.69, 9.17) is 9.05 Å². The van der Waals surface area contributed by atoms with Gasteiger partial charge in [-0.05, 0) is 70.6 Å². The fourth-order valence-electron chi connectivity index (χ4n) is 8.33. The zero-order chi connectivity index (χ0) is 50.6. The quantitative estimate of drug-likeness (QED) is 0.0243. The average molecular weight is 991 g/mol. The number of unbranched alkanes of at least 4 members (excludes halogenated alkanes) is 32. The van der Waals surface area contributed by atoms with Crippen LogP contribution in [0.2, 0.25) is 0 Å². The Bertz CT molecular complexity index is 1310. The van der Waals surface area contributed by atoms with E-state index in [1.54, 1.807) is 6.08 Å². The third kappa shape index (κ3) is 53.8. The lowest BCUT2D eigenvalue weighted by molar-refractivity contribution is -0.870. The molecule has 404 valence electrons. The maximum absolute atomic E-state index is 12.9. The molecule has 0 aromatic rings. The van der Waals surface area contributed by atoms with Gasteiger partial charge in [0.2, 0.25) is 5.91 Å². The Balaban J connectivity index is 3.98. The van der Waals surface area contributed by atoms with E-state index >= 15 is 0 Å². The fraction of sp³-hybridized carbons (Fsp3) is 0.817. The number of amides is 1. The maximum atomic E-state index is 12.9. The number of phosphoric ester groups is 1. The molecule has 0 spiro atoms. The molecule has 69 heavy (non-hydrogen) atoms. The number of rotatable bonds is 53. The molecule has 0 aliphatic carbocycles. The van der Waals surface area contributed by atoms with E-state index in [0.717, 1.165) is 57.8 Å². The zero-order valence-corrected chi connectivity index (χ0v) is 46.9. The molecular formula is C60H114N2O6P+. The average Bonchev–Trinajstić information content (AvgIpc) is 3.31. The van der Waals surface area contributed by atoms with Gasteiger partial charge in [0.15, 0.2) is 0 Å². The first kappa shape index (κ1) is 67.2. The van der Waals surface area contributed by atoms with Crippen molar-refractivity contribution in [2.24, 2.45) is 0 Å². The van der Waals surface area contributed by atoms with Gasteiger partial charge in [-0.3, -0.25) is 13.8 Å². The summed E-state index contributed by atoms with van der Waals surface area (Å²) in [6.45, 7) is 4.75. The number of nitrogens with zero attached hydrogens (tertiary/aromatic N) is 1. The molecule has 0 bridgehead atoms. The topological polar surface area (TPSA) is 105 Å². The number of nitrogens with one attached hydrogen (secondary N) is 1. The van der Waals surface area contributed by atoms with Gasteiger partial charge in [0.05, 0.1) is 39.9 Å². The van der Waals surface area contributed by atoms with Crippen LogP contribution in [0.5, 0.6) is 0 Å². The van der Waals surface area contributed by atoms with Crippen molar-refractivity contribution in [3.63, 3.8) is 0 Å². The van der Waals surface area contributed by atoms with Crippen molar-refractivity contribution in [3.8, 4) is 0 Å². The third-order valence-corrected chi connectivity index (χ3v) is 13.9. The molecule has 3 atom stereocenters. The van der Waals surface area contributed by atoms with Crippen LogP contribution >= 0.6 is 7.82 Å². The number of hydrogen-bond donors (Lipinski definition) is 3. The van der Waals surface area contributed by atoms with Crippen molar-refractivity contribution in [3.05, 3.63) is 60.8 Å². The highest BCUT2D eigenvalue weighted by molar-refractivity contribution is 7.47. The van der Waals surface area contributed by atoms with E-state index in [1.807, 2.05) is 27.2 Å². The van der Waals surface area contributed by atoms with Gasteiger partial charge in [-0.25, -0.2) is 4.57 Å². The minimum Gasteiger partial charge on any atom is -0.387 e. The Kier molecular flexibility index (Phi) is 49.8. The van der Waals surface area contributed by atoms with Gasteiger partial charge in [-0.1, -0.05) is 248 Å². The number of carbonyl (C=O) groups is 1. The molecule has 8 nitrogen and oxygen atoms in total. The summed E-state index contributed by atoms with van der Waals surface area (Å²) < 4.78 is 23.6. The second-order valence-electron chi connectivity index (χ2n) is 21.0. The second kappa shape index (κ2) is 51.1. The summed E-state index contributed by atoms with van der Waals surface area (Å²) in [5.74, 6) is -0.191. The molecule has 0 aliphatic heterocycles. The van der Waals surface area contributed by atoms with Crippen LogP contribution in [0.1, 0.15) is 264 Å². The molecule has 0 saturated carbocycles. The van der Waals surface area contributed by atoms with Gasteiger partial charge in [0.25, 0.3) is 0 Å². The van der Waals surface area contributed by atoms with E-state index in [1.165, 1.54) is 186 Å². The Hall–Kier alpha value is -1.80. The Labute approximate surface area is 428 Å². The largest absolute Gasteiger partial charge is 0.472 e. The van der Waals surface area contributed by atoms with Gasteiger partial charge in [-0.15, -0.1) is 0 Å². The minimum atomic E-state index is -4.35. The van der Waals surface area contributed by atoms with Crippen LogP contribution in [0.25, 0.3) is 0 Å². The van der Waals surface area contributed by atoms with Crippen molar-refractivity contribution in [2.75, 3.05) is 40.9 Å². The van der Waals surface area contributed by atoms with Crippen molar-refractivity contribution >= 4 is 13.7 Å². The molecule has 0 radical (unpaired) electrons. The molecule has 3 unspecified atom stereocenters. The van der Waals surface area contributed by atoms with Gasteiger partial charge >= 0.3 is 7.82 Å². The highest BCUT2D eigenvalue weighted by Gasteiger charge is 2.27. The van der Waals surface area contributed by atoms with Crippen molar-refractivity contribution in [2.45, 2.75) is 276 Å². The lowest BCUT2D eigenvalue weighted by atomic mass is 10.0. The summed E-state index contributed by atoms with van der Waals surface area (Å²) in [7, 11) is 1.55. The number of quaternary nitrogens is 1. The van der Waals surface area contributed by atoms with Crippen LogP contribution in [0, 0.1) is 0 Å². The van der Waals surface area contributed by atoms with E-state index in [0.29, 0.717) is 17.4 Å². The number of hydrogen-bond acceptors (Lipinski definition) is 5. The zero-order valence-electron chi connectivity index (χ0n) is 46.0. The normalized spacial score (nSPS) is 14.4. The predicted molar refractivity (Wildman–Crippen MR) is 300 cm³/mol. The van der Waals surface area contributed by atoms with E-state index in [-0.39, 0.29) is 19.1 Å². The number of carbonyl (C=O) groups excluding carboxylic acids is 1. The van der Waals surface area contributed by atoms with Crippen LogP contribution < -0.4 is 5.32 Å². The molecule has 0 saturated heterocycles. The van der Waals surface area contributed by atoms with Crippen LogP contribution in [-0.4, -0.2) is 73.4 Å². The molecule has 0 aromatic heterocycles. The predicted octanol–water partition coefficient (Wildman–Crippen LogP) is 17.7. The van der Waals surface area contributed by atoms with Crippen LogP contribution in [-0.2, 0) is 18.4 Å². The summed E-state index contributed by atoms with van der Waals surface area (Å²) in [4.78, 5) is 23.2. The molecule has 0 aliphatic rings. The molecule has 0 rings (SSSR count). The van der Waals surface area contributed by atoms with E-state index in [9.17, 15) is 19.4 Å². The summed E-state index contributed by atoms with van der Waals surface area (Å²) in [5, 5.41) is 13.8. The third-order valence-electron chi connectivity index (χ3n) is 12.9. The molecule has 9 heteroatoms. The van der Waals surface area contributed by atoms with E-state index in [2.05, 4.69) is 67.8 Å². The van der Waals surface area contributed by atoms with Gasteiger partial charge in [-0.2, -0.15) is 0 Å². The van der Waals surface area contributed by atoms with Crippen molar-refractivity contribution in [1.82, 2.24) is 5.32 Å². The van der Waals surface area contributed by atoms with Crippen LogP contribution in [0.3, 0.4) is 0 Å².